The topological polar surface area (TPSA) is 105 Å². The number of aliphatic carboxylic acids is 1. The summed E-state index contributed by atoms with van der Waals surface area (Å²) in [5, 5.41) is 15.1. The van der Waals surface area contributed by atoms with Crippen LogP contribution in [0.4, 0.5) is 5.69 Å². The van der Waals surface area contributed by atoms with Crippen LogP contribution in [0.1, 0.15) is 37.7 Å². The molecule has 0 spiro atoms. The number of carboxylic acid groups (broad SMARTS) is 1. The quantitative estimate of drug-likeness (QED) is 0.657. The van der Waals surface area contributed by atoms with Crippen LogP contribution < -0.4 is 15.4 Å². The first-order valence-corrected chi connectivity index (χ1v) is 9.34. The van der Waals surface area contributed by atoms with Gasteiger partial charge in [0.15, 0.2) is 0 Å². The van der Waals surface area contributed by atoms with E-state index in [1.54, 1.807) is 12.1 Å². The lowest BCUT2D eigenvalue weighted by Gasteiger charge is -2.25. The molecule has 1 aromatic rings. The smallest absolute Gasteiger partial charge is 0.306 e. The van der Waals surface area contributed by atoms with Gasteiger partial charge in [-0.1, -0.05) is 11.6 Å². The zero-order valence-corrected chi connectivity index (χ0v) is 16.3. The van der Waals surface area contributed by atoms with E-state index in [2.05, 4.69) is 10.6 Å². The van der Waals surface area contributed by atoms with E-state index in [1.807, 2.05) is 6.92 Å². The van der Waals surface area contributed by atoms with Crippen molar-refractivity contribution in [2.45, 2.75) is 39.0 Å². The third-order valence-corrected chi connectivity index (χ3v) is 5.26. The second kappa shape index (κ2) is 9.60. The van der Waals surface area contributed by atoms with E-state index in [9.17, 15) is 14.4 Å². The number of carbonyl (C=O) groups is 3. The largest absolute Gasteiger partial charge is 0.495 e. The van der Waals surface area contributed by atoms with Gasteiger partial charge in [0, 0.05) is 30.0 Å². The Morgan fingerprint density at radius 2 is 1.81 bits per heavy atom. The summed E-state index contributed by atoms with van der Waals surface area (Å²) in [6, 6.07) is 3.38. The lowest BCUT2D eigenvalue weighted by atomic mass is 9.81. The number of carboxylic acids is 1. The number of anilines is 1. The predicted molar refractivity (Wildman–Crippen MR) is 102 cm³/mol. The molecule has 1 aromatic carbocycles. The van der Waals surface area contributed by atoms with Gasteiger partial charge in [-0.3, -0.25) is 14.4 Å². The van der Waals surface area contributed by atoms with Crippen molar-refractivity contribution < 1.29 is 24.2 Å². The Hall–Kier alpha value is -2.28. The normalized spacial score (nSPS) is 19.2. The second-order valence-corrected chi connectivity index (χ2v) is 7.18. The molecule has 0 aromatic heterocycles. The number of amides is 2. The third kappa shape index (κ3) is 5.85. The van der Waals surface area contributed by atoms with Crippen molar-refractivity contribution in [3.05, 3.63) is 22.7 Å². The highest BCUT2D eigenvalue weighted by molar-refractivity contribution is 6.31. The standard InChI is InChI=1S/C19H25ClN2O5/c1-11-9-15(16(27-2)10-14(11)20)22-17(23)7-8-21-18(24)12-3-5-13(6-4-12)19(25)26/h9-10,12-13H,3-8H2,1-2H3,(H,21,24)(H,22,23)(H,25,26). The van der Waals surface area contributed by atoms with Gasteiger partial charge in [0.2, 0.25) is 11.8 Å². The van der Waals surface area contributed by atoms with Crippen LogP contribution in [-0.2, 0) is 14.4 Å². The number of rotatable bonds is 7. The molecule has 2 amide bonds. The lowest BCUT2D eigenvalue weighted by molar-refractivity contribution is -0.144. The van der Waals surface area contributed by atoms with Crippen molar-refractivity contribution in [1.82, 2.24) is 5.32 Å². The maximum absolute atomic E-state index is 12.2. The van der Waals surface area contributed by atoms with Crippen molar-refractivity contribution >= 4 is 35.1 Å². The van der Waals surface area contributed by atoms with Gasteiger partial charge in [0.25, 0.3) is 0 Å². The molecule has 3 N–H and O–H groups in total. The molecule has 8 heteroatoms. The van der Waals surface area contributed by atoms with E-state index in [1.165, 1.54) is 7.11 Å². The van der Waals surface area contributed by atoms with Crippen LogP contribution in [-0.4, -0.2) is 36.5 Å². The molecule has 27 heavy (non-hydrogen) atoms. The summed E-state index contributed by atoms with van der Waals surface area (Å²) in [6.07, 6.45) is 2.29. The van der Waals surface area contributed by atoms with Gasteiger partial charge in [-0.05, 0) is 44.2 Å². The highest BCUT2D eigenvalue weighted by Gasteiger charge is 2.29. The number of nitrogens with one attached hydrogen (secondary N) is 2. The van der Waals surface area contributed by atoms with Gasteiger partial charge in [-0.25, -0.2) is 0 Å². The number of methoxy groups -OCH3 is 1. The fourth-order valence-corrected chi connectivity index (χ4v) is 3.34. The van der Waals surface area contributed by atoms with Crippen LogP contribution in [0.25, 0.3) is 0 Å². The van der Waals surface area contributed by atoms with Crippen LogP contribution >= 0.6 is 11.6 Å². The Morgan fingerprint density at radius 3 is 2.41 bits per heavy atom. The molecule has 1 aliphatic carbocycles. The first-order chi connectivity index (χ1) is 12.8. The number of aryl methyl sites for hydroxylation is 1. The van der Waals surface area contributed by atoms with E-state index < -0.39 is 5.97 Å². The maximum atomic E-state index is 12.2. The van der Waals surface area contributed by atoms with Crippen LogP contribution in [0, 0.1) is 18.8 Å². The van der Waals surface area contributed by atoms with Gasteiger partial charge in [-0.15, -0.1) is 0 Å². The van der Waals surface area contributed by atoms with Crippen LogP contribution in [0.5, 0.6) is 5.75 Å². The molecule has 7 nitrogen and oxygen atoms in total. The average Bonchev–Trinajstić information content (AvgIpc) is 2.64. The Balaban J connectivity index is 1.77. The Labute approximate surface area is 163 Å². The molecule has 0 radical (unpaired) electrons. The SMILES string of the molecule is COc1cc(Cl)c(C)cc1NC(=O)CCNC(=O)C1CCC(C(=O)O)CC1. The van der Waals surface area contributed by atoms with E-state index in [-0.39, 0.29) is 36.6 Å². The molecular weight excluding hydrogens is 372 g/mol. The van der Waals surface area contributed by atoms with E-state index in [0.717, 1.165) is 5.56 Å². The number of ether oxygens (including phenoxy) is 1. The summed E-state index contributed by atoms with van der Waals surface area (Å²) in [5.74, 6) is -1.21. The molecule has 1 saturated carbocycles. The number of hydrogen-bond donors (Lipinski definition) is 3. The predicted octanol–water partition coefficient (Wildman–Crippen LogP) is 2.99. The minimum absolute atomic E-state index is 0.119. The monoisotopic (exact) mass is 396 g/mol. The highest BCUT2D eigenvalue weighted by Crippen LogP contribution is 2.31. The van der Waals surface area contributed by atoms with Gasteiger partial charge >= 0.3 is 5.97 Å². The molecular formula is C19H25ClN2O5. The molecule has 0 heterocycles. The Bertz CT molecular complexity index is 714. The lowest BCUT2D eigenvalue weighted by Crippen LogP contribution is -2.35. The molecule has 0 unspecified atom stereocenters. The first kappa shape index (κ1) is 21.0. The van der Waals surface area contributed by atoms with E-state index in [0.29, 0.717) is 42.1 Å². The summed E-state index contributed by atoms with van der Waals surface area (Å²) in [7, 11) is 1.50. The van der Waals surface area contributed by atoms with E-state index >= 15 is 0 Å². The molecule has 148 valence electrons. The Kier molecular flexibility index (Phi) is 7.47. The maximum Gasteiger partial charge on any atom is 0.306 e. The van der Waals surface area contributed by atoms with Crippen molar-refractivity contribution in [1.29, 1.82) is 0 Å². The van der Waals surface area contributed by atoms with Gasteiger partial charge in [0.05, 0.1) is 18.7 Å². The molecule has 0 saturated heterocycles. The number of carbonyl (C=O) groups excluding carboxylic acids is 2. The van der Waals surface area contributed by atoms with Gasteiger partial charge in [-0.2, -0.15) is 0 Å². The fourth-order valence-electron chi connectivity index (χ4n) is 3.19. The van der Waals surface area contributed by atoms with Crippen molar-refractivity contribution in [2.24, 2.45) is 11.8 Å². The first-order valence-electron chi connectivity index (χ1n) is 8.96. The van der Waals surface area contributed by atoms with Crippen molar-refractivity contribution in [2.75, 3.05) is 19.0 Å². The minimum Gasteiger partial charge on any atom is -0.495 e. The van der Waals surface area contributed by atoms with E-state index in [4.69, 9.17) is 21.4 Å². The summed E-state index contributed by atoms with van der Waals surface area (Å²) < 4.78 is 5.22. The molecule has 0 bridgehead atoms. The number of benzene rings is 1. The second-order valence-electron chi connectivity index (χ2n) is 6.78. The zero-order chi connectivity index (χ0) is 20.0. The molecule has 2 rings (SSSR count). The molecule has 1 fully saturated rings. The third-order valence-electron chi connectivity index (χ3n) is 4.85. The minimum atomic E-state index is -0.793. The number of hydrogen-bond acceptors (Lipinski definition) is 4. The van der Waals surface area contributed by atoms with Gasteiger partial charge < -0.3 is 20.5 Å². The fraction of sp³-hybridized carbons (Fsp3) is 0.526. The van der Waals surface area contributed by atoms with Gasteiger partial charge in [0.1, 0.15) is 5.75 Å². The van der Waals surface area contributed by atoms with Crippen molar-refractivity contribution in [3.63, 3.8) is 0 Å². The number of halogens is 1. The summed E-state index contributed by atoms with van der Waals surface area (Å²) in [6.45, 7) is 2.05. The van der Waals surface area contributed by atoms with Crippen LogP contribution in [0.15, 0.2) is 12.1 Å². The Morgan fingerprint density at radius 1 is 1.19 bits per heavy atom. The molecule has 0 aliphatic heterocycles. The van der Waals surface area contributed by atoms with Crippen LogP contribution in [0.3, 0.4) is 0 Å². The average molecular weight is 397 g/mol. The highest BCUT2D eigenvalue weighted by atomic mass is 35.5. The zero-order valence-electron chi connectivity index (χ0n) is 15.5. The summed E-state index contributed by atoms with van der Waals surface area (Å²) >= 11 is 6.05. The molecule has 1 aliphatic rings. The summed E-state index contributed by atoms with van der Waals surface area (Å²) in [5.41, 5.74) is 1.35. The summed E-state index contributed by atoms with van der Waals surface area (Å²) in [4.78, 5) is 35.3. The molecule has 0 atom stereocenters. The van der Waals surface area contributed by atoms with Crippen molar-refractivity contribution in [3.8, 4) is 5.75 Å². The van der Waals surface area contributed by atoms with Crippen LogP contribution in [0.2, 0.25) is 5.02 Å².